The molecular formula is C8H8N4O3S. The zero-order valence-corrected chi connectivity index (χ0v) is 9.10. The van der Waals surface area contributed by atoms with Crippen LogP contribution in [0.1, 0.15) is 5.89 Å². The molecule has 2 N–H and O–H groups in total. The van der Waals surface area contributed by atoms with E-state index in [2.05, 4.69) is 15.2 Å². The van der Waals surface area contributed by atoms with Gasteiger partial charge in [-0.25, -0.2) is 18.5 Å². The van der Waals surface area contributed by atoms with Crippen LogP contribution in [0, 0.1) is 6.92 Å². The van der Waals surface area contributed by atoms with Crippen LogP contribution in [0.25, 0.3) is 11.6 Å². The predicted octanol–water partition coefficient (Wildman–Crippen LogP) is 0.0874. The first-order chi connectivity index (χ1) is 7.47. The molecule has 2 aromatic heterocycles. The standard InChI is InChI=1S/C8H8N4O3S/c1-5-11-12-8(15-5)7-3-2-6(4-10-7)16(9,13)14/h2-4H,1H3,(H2,9,13,14). The molecule has 0 atom stereocenters. The molecule has 0 amide bonds. The van der Waals surface area contributed by atoms with E-state index in [1.165, 1.54) is 12.1 Å². The lowest BCUT2D eigenvalue weighted by Crippen LogP contribution is -2.12. The molecule has 0 saturated carbocycles. The first-order valence-corrected chi connectivity index (χ1v) is 5.81. The van der Waals surface area contributed by atoms with E-state index in [1.54, 1.807) is 6.92 Å². The normalized spacial score (nSPS) is 11.6. The van der Waals surface area contributed by atoms with E-state index >= 15 is 0 Å². The molecule has 0 radical (unpaired) electrons. The predicted molar refractivity (Wildman–Crippen MR) is 53.6 cm³/mol. The fourth-order valence-corrected chi connectivity index (χ4v) is 1.53. The summed E-state index contributed by atoms with van der Waals surface area (Å²) in [4.78, 5) is 3.81. The summed E-state index contributed by atoms with van der Waals surface area (Å²) >= 11 is 0. The number of nitrogens with zero attached hydrogens (tertiary/aromatic N) is 3. The van der Waals surface area contributed by atoms with Crippen molar-refractivity contribution in [1.82, 2.24) is 15.2 Å². The first kappa shape index (κ1) is 10.7. The molecule has 2 rings (SSSR count). The Balaban J connectivity index is 2.40. The Morgan fingerprint density at radius 1 is 1.31 bits per heavy atom. The number of hydrogen-bond acceptors (Lipinski definition) is 6. The Morgan fingerprint density at radius 3 is 2.50 bits per heavy atom. The van der Waals surface area contributed by atoms with E-state index in [1.807, 2.05) is 0 Å². The third-order valence-corrected chi connectivity index (χ3v) is 2.71. The topological polar surface area (TPSA) is 112 Å². The summed E-state index contributed by atoms with van der Waals surface area (Å²) in [6.07, 6.45) is 1.14. The van der Waals surface area contributed by atoms with Gasteiger partial charge in [-0.1, -0.05) is 0 Å². The summed E-state index contributed by atoms with van der Waals surface area (Å²) in [6.45, 7) is 1.65. The van der Waals surface area contributed by atoms with Crippen molar-refractivity contribution in [3.05, 3.63) is 24.2 Å². The van der Waals surface area contributed by atoms with Crippen molar-refractivity contribution in [1.29, 1.82) is 0 Å². The SMILES string of the molecule is Cc1nnc(-c2ccc(S(N)(=O)=O)cn2)o1. The Morgan fingerprint density at radius 2 is 2.06 bits per heavy atom. The van der Waals surface area contributed by atoms with Crippen LogP contribution >= 0.6 is 0 Å². The molecule has 0 bridgehead atoms. The van der Waals surface area contributed by atoms with Gasteiger partial charge in [-0.05, 0) is 12.1 Å². The van der Waals surface area contributed by atoms with Gasteiger partial charge < -0.3 is 4.42 Å². The summed E-state index contributed by atoms with van der Waals surface area (Å²) in [7, 11) is -3.73. The largest absolute Gasteiger partial charge is 0.420 e. The van der Waals surface area contributed by atoms with E-state index in [0.717, 1.165) is 6.20 Å². The van der Waals surface area contributed by atoms with Crippen LogP contribution in [0.5, 0.6) is 0 Å². The quantitative estimate of drug-likeness (QED) is 0.795. The van der Waals surface area contributed by atoms with E-state index in [4.69, 9.17) is 9.56 Å². The number of pyridine rings is 1. The number of rotatable bonds is 2. The molecule has 7 nitrogen and oxygen atoms in total. The van der Waals surface area contributed by atoms with Gasteiger partial charge in [0.25, 0.3) is 5.89 Å². The van der Waals surface area contributed by atoms with Crippen molar-refractivity contribution in [3.8, 4) is 11.6 Å². The zero-order chi connectivity index (χ0) is 11.8. The fraction of sp³-hybridized carbons (Fsp3) is 0.125. The lowest BCUT2D eigenvalue weighted by Gasteiger charge is -1.97. The fourth-order valence-electron chi connectivity index (χ4n) is 1.08. The van der Waals surface area contributed by atoms with Gasteiger partial charge in [-0.2, -0.15) is 0 Å². The van der Waals surface area contributed by atoms with E-state index in [-0.39, 0.29) is 10.8 Å². The Hall–Kier alpha value is -1.80. The van der Waals surface area contributed by atoms with E-state index in [0.29, 0.717) is 11.6 Å². The highest BCUT2D eigenvalue weighted by atomic mass is 32.2. The van der Waals surface area contributed by atoms with Gasteiger partial charge in [0.15, 0.2) is 0 Å². The van der Waals surface area contributed by atoms with Crippen molar-refractivity contribution < 1.29 is 12.8 Å². The van der Waals surface area contributed by atoms with Crippen LogP contribution in [-0.2, 0) is 10.0 Å². The van der Waals surface area contributed by atoms with Crippen molar-refractivity contribution >= 4 is 10.0 Å². The third kappa shape index (κ3) is 2.07. The number of aromatic nitrogens is 3. The molecule has 0 fully saturated rings. The van der Waals surface area contributed by atoms with Crippen LogP contribution < -0.4 is 5.14 Å². The van der Waals surface area contributed by atoms with Crippen LogP contribution in [0.2, 0.25) is 0 Å². The summed E-state index contributed by atoms with van der Waals surface area (Å²) in [5.41, 5.74) is 0.396. The molecule has 2 heterocycles. The van der Waals surface area contributed by atoms with E-state index < -0.39 is 10.0 Å². The summed E-state index contributed by atoms with van der Waals surface area (Å²) < 4.78 is 27.1. The summed E-state index contributed by atoms with van der Waals surface area (Å²) in [5.74, 6) is 0.644. The van der Waals surface area contributed by atoms with Gasteiger partial charge in [-0.15, -0.1) is 10.2 Å². The minimum atomic E-state index is -3.73. The van der Waals surface area contributed by atoms with Crippen molar-refractivity contribution in [2.45, 2.75) is 11.8 Å². The molecule has 0 unspecified atom stereocenters. The lowest BCUT2D eigenvalue weighted by molar-refractivity contribution is 0.530. The minimum absolute atomic E-state index is 0.0625. The second kappa shape index (κ2) is 3.65. The third-order valence-electron chi connectivity index (χ3n) is 1.81. The van der Waals surface area contributed by atoms with Crippen LogP contribution in [0.15, 0.2) is 27.6 Å². The average Bonchev–Trinajstić information content (AvgIpc) is 2.64. The highest BCUT2D eigenvalue weighted by Crippen LogP contribution is 2.16. The van der Waals surface area contributed by atoms with Gasteiger partial charge in [0.05, 0.1) is 0 Å². The van der Waals surface area contributed by atoms with Crippen molar-refractivity contribution in [2.24, 2.45) is 5.14 Å². The number of aryl methyl sites for hydroxylation is 1. The summed E-state index contributed by atoms with van der Waals surface area (Å²) in [6, 6.07) is 2.78. The molecule has 0 spiro atoms. The molecule has 84 valence electrons. The van der Waals surface area contributed by atoms with Crippen molar-refractivity contribution in [2.75, 3.05) is 0 Å². The molecule has 0 aliphatic rings. The molecular weight excluding hydrogens is 232 g/mol. The molecule has 0 aliphatic heterocycles. The highest BCUT2D eigenvalue weighted by Gasteiger charge is 2.11. The minimum Gasteiger partial charge on any atom is -0.420 e. The number of primary sulfonamides is 1. The van der Waals surface area contributed by atoms with Gasteiger partial charge >= 0.3 is 0 Å². The molecule has 2 aromatic rings. The molecule has 0 aromatic carbocycles. The van der Waals surface area contributed by atoms with Crippen LogP contribution in [0.3, 0.4) is 0 Å². The maximum absolute atomic E-state index is 11.0. The first-order valence-electron chi connectivity index (χ1n) is 4.26. The lowest BCUT2D eigenvalue weighted by atomic mass is 10.3. The average molecular weight is 240 g/mol. The number of sulfonamides is 1. The van der Waals surface area contributed by atoms with Crippen LogP contribution in [-0.4, -0.2) is 23.6 Å². The number of nitrogens with two attached hydrogens (primary N) is 1. The monoisotopic (exact) mass is 240 g/mol. The molecule has 8 heteroatoms. The molecule has 0 saturated heterocycles. The van der Waals surface area contributed by atoms with E-state index in [9.17, 15) is 8.42 Å². The molecule has 0 aliphatic carbocycles. The van der Waals surface area contributed by atoms with Gasteiger partial charge in [0.1, 0.15) is 10.6 Å². The van der Waals surface area contributed by atoms with Gasteiger partial charge in [0.2, 0.25) is 15.9 Å². The zero-order valence-electron chi connectivity index (χ0n) is 8.28. The van der Waals surface area contributed by atoms with Gasteiger partial charge in [-0.3, -0.25) is 0 Å². The second-order valence-electron chi connectivity index (χ2n) is 3.05. The number of hydrogen-bond donors (Lipinski definition) is 1. The molecule has 16 heavy (non-hydrogen) atoms. The Bertz CT molecular complexity index is 602. The highest BCUT2D eigenvalue weighted by molar-refractivity contribution is 7.89. The second-order valence-corrected chi connectivity index (χ2v) is 4.61. The van der Waals surface area contributed by atoms with Crippen molar-refractivity contribution in [3.63, 3.8) is 0 Å². The van der Waals surface area contributed by atoms with Crippen LogP contribution in [0.4, 0.5) is 0 Å². The Labute approximate surface area is 91.4 Å². The van der Waals surface area contributed by atoms with Gasteiger partial charge in [0, 0.05) is 13.1 Å². The summed E-state index contributed by atoms with van der Waals surface area (Å²) in [5, 5.41) is 12.3. The maximum Gasteiger partial charge on any atom is 0.266 e. The Kier molecular flexibility index (Phi) is 2.44. The maximum atomic E-state index is 11.0. The smallest absolute Gasteiger partial charge is 0.266 e.